The molecule has 1 amide bonds. The van der Waals surface area contributed by atoms with Crippen LogP contribution < -0.4 is 5.32 Å². The highest BCUT2D eigenvalue weighted by atomic mass is 35.5. The van der Waals surface area contributed by atoms with Crippen molar-refractivity contribution in [2.45, 2.75) is 18.9 Å². The molecule has 0 saturated carbocycles. The number of carboxylic acids is 2. The highest BCUT2D eigenvalue weighted by Gasteiger charge is 2.21. The van der Waals surface area contributed by atoms with Crippen molar-refractivity contribution in [2.24, 2.45) is 0 Å². The van der Waals surface area contributed by atoms with Gasteiger partial charge in [0.05, 0.1) is 0 Å². The topological polar surface area (TPSA) is 117 Å². The molecule has 0 aromatic carbocycles. The molecule has 0 aliphatic rings. The van der Waals surface area contributed by atoms with Gasteiger partial charge >= 0.3 is 11.9 Å². The van der Waals surface area contributed by atoms with Gasteiger partial charge in [-0.15, -0.1) is 0 Å². The Hall–Kier alpha value is -2.15. The average molecular weight is 287 g/mol. The minimum Gasteiger partial charge on any atom is -0.481 e. The van der Waals surface area contributed by atoms with E-state index in [1.807, 2.05) is 0 Å². The van der Waals surface area contributed by atoms with E-state index in [2.05, 4.69) is 10.3 Å². The quantitative estimate of drug-likeness (QED) is 0.665. The summed E-state index contributed by atoms with van der Waals surface area (Å²) >= 11 is 5.61. The summed E-state index contributed by atoms with van der Waals surface area (Å²) in [6, 6.07) is 1.39. The summed E-state index contributed by atoms with van der Waals surface area (Å²) in [4.78, 5) is 36.7. The van der Waals surface area contributed by atoms with Crippen LogP contribution in [0.4, 0.5) is 0 Å². The standard InChI is InChI=1S/C11H11ClN2O5/c12-8-5-6(3-4-13-8)10(17)14-7(11(18)19)1-2-9(15)16/h3-5,7H,1-2H2,(H,14,17)(H,15,16)(H,18,19)/t7-/m0/s1. The van der Waals surface area contributed by atoms with Gasteiger partial charge in [-0.1, -0.05) is 11.6 Å². The normalized spacial score (nSPS) is 11.6. The number of halogens is 1. The molecule has 1 rings (SSSR count). The smallest absolute Gasteiger partial charge is 0.326 e. The number of amides is 1. The summed E-state index contributed by atoms with van der Waals surface area (Å²) in [6.45, 7) is 0. The zero-order chi connectivity index (χ0) is 14.4. The van der Waals surface area contributed by atoms with E-state index in [-0.39, 0.29) is 23.6 Å². The zero-order valence-electron chi connectivity index (χ0n) is 9.67. The Morgan fingerprint density at radius 1 is 1.37 bits per heavy atom. The molecule has 0 spiro atoms. The van der Waals surface area contributed by atoms with E-state index in [0.717, 1.165) is 0 Å². The SMILES string of the molecule is O=C(O)CC[C@H](NC(=O)c1ccnc(Cl)c1)C(=O)O. The third-order valence-corrected chi connectivity index (χ3v) is 2.45. The second kappa shape index (κ2) is 6.69. The van der Waals surface area contributed by atoms with E-state index in [1.54, 1.807) is 0 Å². The lowest BCUT2D eigenvalue weighted by Gasteiger charge is -2.13. The van der Waals surface area contributed by atoms with Gasteiger partial charge in [-0.05, 0) is 18.6 Å². The summed E-state index contributed by atoms with van der Waals surface area (Å²) in [5, 5.41) is 19.7. The third kappa shape index (κ3) is 4.92. The van der Waals surface area contributed by atoms with Crippen molar-refractivity contribution in [3.63, 3.8) is 0 Å². The van der Waals surface area contributed by atoms with Gasteiger partial charge in [-0.2, -0.15) is 0 Å². The molecule has 0 aliphatic carbocycles. The van der Waals surface area contributed by atoms with Crippen LogP contribution in [-0.2, 0) is 9.59 Å². The predicted octanol–water partition coefficient (Wildman–Crippen LogP) is 0.783. The molecule has 102 valence electrons. The van der Waals surface area contributed by atoms with Crippen LogP contribution in [0.5, 0.6) is 0 Å². The number of carbonyl (C=O) groups is 3. The Morgan fingerprint density at radius 2 is 2.05 bits per heavy atom. The second-order valence-electron chi connectivity index (χ2n) is 3.66. The Balaban J connectivity index is 2.71. The van der Waals surface area contributed by atoms with Gasteiger partial charge in [0.15, 0.2) is 0 Å². The Labute approximate surface area is 113 Å². The van der Waals surface area contributed by atoms with Crippen LogP contribution in [-0.4, -0.2) is 39.1 Å². The van der Waals surface area contributed by atoms with E-state index in [4.69, 9.17) is 21.8 Å². The number of nitrogens with one attached hydrogen (secondary N) is 1. The maximum Gasteiger partial charge on any atom is 0.326 e. The largest absolute Gasteiger partial charge is 0.481 e. The number of carboxylic acid groups (broad SMARTS) is 2. The summed E-state index contributed by atoms with van der Waals surface area (Å²) < 4.78 is 0. The van der Waals surface area contributed by atoms with Crippen molar-refractivity contribution in [3.8, 4) is 0 Å². The molecule has 0 fully saturated rings. The lowest BCUT2D eigenvalue weighted by atomic mass is 10.1. The van der Waals surface area contributed by atoms with E-state index in [9.17, 15) is 14.4 Å². The van der Waals surface area contributed by atoms with Crippen LogP contribution in [0.3, 0.4) is 0 Å². The highest BCUT2D eigenvalue weighted by molar-refractivity contribution is 6.29. The first-order chi connectivity index (χ1) is 8.90. The molecular formula is C11H11ClN2O5. The number of nitrogens with zero attached hydrogens (tertiary/aromatic N) is 1. The second-order valence-corrected chi connectivity index (χ2v) is 4.05. The predicted molar refractivity (Wildman–Crippen MR) is 65.0 cm³/mol. The van der Waals surface area contributed by atoms with Gasteiger partial charge in [0.25, 0.3) is 5.91 Å². The van der Waals surface area contributed by atoms with Crippen LogP contribution in [0, 0.1) is 0 Å². The first-order valence-corrected chi connectivity index (χ1v) is 5.65. The molecule has 19 heavy (non-hydrogen) atoms. The van der Waals surface area contributed by atoms with Crippen molar-refractivity contribution in [1.29, 1.82) is 0 Å². The van der Waals surface area contributed by atoms with Crippen LogP contribution in [0.1, 0.15) is 23.2 Å². The lowest BCUT2D eigenvalue weighted by Crippen LogP contribution is -2.41. The molecule has 1 aromatic rings. The van der Waals surface area contributed by atoms with Crippen molar-refractivity contribution >= 4 is 29.4 Å². The van der Waals surface area contributed by atoms with E-state index >= 15 is 0 Å². The molecule has 0 radical (unpaired) electrons. The third-order valence-electron chi connectivity index (χ3n) is 2.24. The highest BCUT2D eigenvalue weighted by Crippen LogP contribution is 2.08. The summed E-state index contributed by atoms with van der Waals surface area (Å²) in [5.74, 6) is -3.08. The fourth-order valence-electron chi connectivity index (χ4n) is 1.31. The van der Waals surface area contributed by atoms with Gasteiger partial charge in [-0.3, -0.25) is 9.59 Å². The van der Waals surface area contributed by atoms with E-state index in [1.165, 1.54) is 18.3 Å². The number of hydrogen-bond acceptors (Lipinski definition) is 4. The average Bonchev–Trinajstić information content (AvgIpc) is 2.33. The molecule has 8 heteroatoms. The van der Waals surface area contributed by atoms with Crippen molar-refractivity contribution in [1.82, 2.24) is 10.3 Å². The first-order valence-electron chi connectivity index (χ1n) is 5.27. The fraction of sp³-hybridized carbons (Fsp3) is 0.273. The molecule has 0 unspecified atom stereocenters. The van der Waals surface area contributed by atoms with Crippen LogP contribution in [0.15, 0.2) is 18.3 Å². The monoisotopic (exact) mass is 286 g/mol. The van der Waals surface area contributed by atoms with Gasteiger partial charge in [0, 0.05) is 18.2 Å². The summed E-state index contributed by atoms with van der Waals surface area (Å²) in [5.41, 5.74) is 0.154. The number of hydrogen-bond donors (Lipinski definition) is 3. The molecule has 1 atom stereocenters. The van der Waals surface area contributed by atoms with Gasteiger partial charge < -0.3 is 15.5 Å². The van der Waals surface area contributed by atoms with Gasteiger partial charge in [0.2, 0.25) is 0 Å². The maximum absolute atomic E-state index is 11.7. The molecular weight excluding hydrogens is 276 g/mol. The Morgan fingerprint density at radius 3 is 2.58 bits per heavy atom. The van der Waals surface area contributed by atoms with Crippen LogP contribution >= 0.6 is 11.6 Å². The van der Waals surface area contributed by atoms with Gasteiger partial charge in [0.1, 0.15) is 11.2 Å². The van der Waals surface area contributed by atoms with E-state index in [0.29, 0.717) is 0 Å². The number of carbonyl (C=O) groups excluding carboxylic acids is 1. The number of aromatic nitrogens is 1. The van der Waals surface area contributed by atoms with Crippen molar-refractivity contribution < 1.29 is 24.6 Å². The molecule has 1 heterocycles. The van der Waals surface area contributed by atoms with Crippen molar-refractivity contribution in [2.75, 3.05) is 0 Å². The minimum absolute atomic E-state index is 0.102. The molecule has 0 saturated heterocycles. The molecule has 1 aromatic heterocycles. The number of aliphatic carboxylic acids is 2. The van der Waals surface area contributed by atoms with E-state index < -0.39 is 23.9 Å². The minimum atomic E-state index is -1.30. The molecule has 7 nitrogen and oxygen atoms in total. The number of pyridine rings is 1. The maximum atomic E-state index is 11.7. The van der Waals surface area contributed by atoms with Crippen LogP contribution in [0.2, 0.25) is 5.15 Å². The summed E-state index contributed by atoms with van der Waals surface area (Å²) in [6.07, 6.45) is 0.758. The first kappa shape index (κ1) is 14.9. The lowest BCUT2D eigenvalue weighted by molar-refractivity contribution is -0.140. The van der Waals surface area contributed by atoms with Crippen LogP contribution in [0.25, 0.3) is 0 Å². The number of rotatable bonds is 6. The Kier molecular flexibility index (Phi) is 5.25. The molecule has 0 bridgehead atoms. The zero-order valence-corrected chi connectivity index (χ0v) is 10.4. The van der Waals surface area contributed by atoms with Crippen molar-refractivity contribution in [3.05, 3.63) is 29.0 Å². The fourth-order valence-corrected chi connectivity index (χ4v) is 1.48. The summed E-state index contributed by atoms with van der Waals surface area (Å²) in [7, 11) is 0. The molecule has 3 N–H and O–H groups in total. The van der Waals surface area contributed by atoms with Gasteiger partial charge in [-0.25, -0.2) is 9.78 Å². The molecule has 0 aliphatic heterocycles. The Bertz CT molecular complexity index is 506.